The molecule has 1 aromatic carbocycles. The van der Waals surface area contributed by atoms with Crippen molar-refractivity contribution in [2.75, 3.05) is 0 Å². The van der Waals surface area contributed by atoms with Gasteiger partial charge in [0.15, 0.2) is 0 Å². The van der Waals surface area contributed by atoms with Gasteiger partial charge in [0.2, 0.25) is 5.91 Å². The molecule has 0 saturated carbocycles. The molecular weight excluding hydrogens is 198 g/mol. The molecule has 1 amide bonds. The minimum atomic E-state index is -0.308. The van der Waals surface area contributed by atoms with Gasteiger partial charge in [-0.2, -0.15) is 0 Å². The van der Waals surface area contributed by atoms with E-state index in [1.54, 1.807) is 0 Å². The monoisotopic (exact) mass is 219 g/mol. The molecule has 1 rings (SSSR count). The molecule has 0 heterocycles. The largest absolute Gasteiger partial charge is 0.366 e. The first kappa shape index (κ1) is 12.8. The summed E-state index contributed by atoms with van der Waals surface area (Å²) >= 11 is 0. The van der Waals surface area contributed by atoms with Crippen molar-refractivity contribution in [1.29, 1.82) is 0 Å². The predicted molar refractivity (Wildman–Crippen MR) is 67.8 cm³/mol. The third kappa shape index (κ3) is 2.11. The molecule has 0 unspecified atom stereocenters. The number of hydrogen-bond donors (Lipinski definition) is 1. The molecular formula is C14H21NO. The number of nitrogens with two attached hydrogens (primary N) is 1. The van der Waals surface area contributed by atoms with E-state index < -0.39 is 0 Å². The van der Waals surface area contributed by atoms with Crippen molar-refractivity contribution in [3.05, 3.63) is 33.9 Å². The van der Waals surface area contributed by atoms with E-state index in [9.17, 15) is 4.79 Å². The van der Waals surface area contributed by atoms with Gasteiger partial charge in [0.25, 0.3) is 0 Å². The summed E-state index contributed by atoms with van der Waals surface area (Å²) in [6.45, 7) is 8.44. The van der Waals surface area contributed by atoms with E-state index in [2.05, 4.69) is 27.7 Å². The number of hydrogen-bond acceptors (Lipinski definition) is 1. The third-order valence-corrected chi connectivity index (χ3v) is 3.29. The fourth-order valence-electron chi connectivity index (χ4n) is 2.46. The lowest BCUT2D eigenvalue weighted by atomic mass is 9.88. The minimum Gasteiger partial charge on any atom is -0.366 e. The van der Waals surface area contributed by atoms with Gasteiger partial charge < -0.3 is 5.73 Å². The quantitative estimate of drug-likeness (QED) is 0.831. The lowest BCUT2D eigenvalue weighted by Gasteiger charge is -2.17. The zero-order valence-electron chi connectivity index (χ0n) is 10.7. The smallest absolute Gasteiger partial charge is 0.248 e. The Morgan fingerprint density at radius 1 is 1.12 bits per heavy atom. The van der Waals surface area contributed by atoms with E-state index in [1.807, 2.05) is 6.07 Å². The highest BCUT2D eigenvalue weighted by atomic mass is 16.1. The molecule has 0 fully saturated rings. The molecule has 0 spiro atoms. The van der Waals surface area contributed by atoms with Crippen molar-refractivity contribution in [3.8, 4) is 0 Å². The highest BCUT2D eigenvalue weighted by Crippen LogP contribution is 2.24. The zero-order chi connectivity index (χ0) is 12.3. The number of carbonyl (C=O) groups excluding carboxylic acids is 1. The molecule has 0 aliphatic heterocycles. The molecule has 0 radical (unpaired) electrons. The van der Waals surface area contributed by atoms with Gasteiger partial charge in [0, 0.05) is 5.56 Å². The van der Waals surface area contributed by atoms with Crippen LogP contribution in [-0.2, 0) is 19.3 Å². The molecule has 0 atom stereocenters. The van der Waals surface area contributed by atoms with Crippen molar-refractivity contribution in [2.24, 2.45) is 5.73 Å². The van der Waals surface area contributed by atoms with Crippen molar-refractivity contribution in [1.82, 2.24) is 0 Å². The second-order valence-corrected chi connectivity index (χ2v) is 4.09. The van der Waals surface area contributed by atoms with E-state index in [1.165, 1.54) is 16.7 Å². The Morgan fingerprint density at radius 2 is 1.69 bits per heavy atom. The normalized spacial score (nSPS) is 10.5. The maximum Gasteiger partial charge on any atom is 0.248 e. The summed E-state index contributed by atoms with van der Waals surface area (Å²) in [6.07, 6.45) is 2.83. The fraction of sp³-hybridized carbons (Fsp3) is 0.500. The summed E-state index contributed by atoms with van der Waals surface area (Å²) in [6, 6.07) is 1.98. The molecule has 2 N–H and O–H groups in total. The molecule has 0 aliphatic rings. The highest BCUT2D eigenvalue weighted by Gasteiger charge is 2.14. The Kier molecular flexibility index (Phi) is 4.11. The van der Waals surface area contributed by atoms with Gasteiger partial charge in [-0.1, -0.05) is 20.8 Å². The SMILES string of the molecule is CCc1cc(C(N)=O)c(CC)c(C)c1CC. The minimum absolute atomic E-state index is 0.308. The number of primary amides is 1. The van der Waals surface area contributed by atoms with Crippen LogP contribution in [0.1, 0.15) is 53.4 Å². The van der Waals surface area contributed by atoms with Crippen LogP contribution < -0.4 is 5.73 Å². The topological polar surface area (TPSA) is 43.1 Å². The summed E-state index contributed by atoms with van der Waals surface area (Å²) < 4.78 is 0. The average Bonchev–Trinajstić information content (AvgIpc) is 2.27. The van der Waals surface area contributed by atoms with E-state index in [0.717, 1.165) is 24.8 Å². The van der Waals surface area contributed by atoms with E-state index in [0.29, 0.717) is 5.56 Å². The summed E-state index contributed by atoms with van der Waals surface area (Å²) in [5, 5.41) is 0. The first-order valence-electron chi connectivity index (χ1n) is 6.00. The van der Waals surface area contributed by atoms with Gasteiger partial charge in [-0.25, -0.2) is 0 Å². The second kappa shape index (κ2) is 5.15. The molecule has 0 aliphatic carbocycles. The van der Waals surface area contributed by atoms with Crippen LogP contribution in [0.3, 0.4) is 0 Å². The summed E-state index contributed by atoms with van der Waals surface area (Å²) in [5.41, 5.74) is 11.1. The van der Waals surface area contributed by atoms with E-state index in [4.69, 9.17) is 5.73 Å². The molecule has 0 aromatic heterocycles. The van der Waals surface area contributed by atoms with Crippen LogP contribution in [0.5, 0.6) is 0 Å². The van der Waals surface area contributed by atoms with E-state index >= 15 is 0 Å². The van der Waals surface area contributed by atoms with Gasteiger partial charge in [0.05, 0.1) is 0 Å². The maximum absolute atomic E-state index is 11.4. The summed E-state index contributed by atoms with van der Waals surface area (Å²) in [7, 11) is 0. The van der Waals surface area contributed by atoms with Gasteiger partial charge in [-0.15, -0.1) is 0 Å². The Labute approximate surface area is 97.9 Å². The lowest BCUT2D eigenvalue weighted by Crippen LogP contribution is -2.16. The number of amides is 1. The van der Waals surface area contributed by atoms with Crippen molar-refractivity contribution < 1.29 is 4.79 Å². The summed E-state index contributed by atoms with van der Waals surface area (Å²) in [5.74, 6) is -0.308. The molecule has 1 aromatic rings. The molecule has 88 valence electrons. The second-order valence-electron chi connectivity index (χ2n) is 4.09. The Bertz CT molecular complexity index is 408. The van der Waals surface area contributed by atoms with Crippen LogP contribution in [0.15, 0.2) is 6.07 Å². The average molecular weight is 219 g/mol. The molecule has 0 bridgehead atoms. The lowest BCUT2D eigenvalue weighted by molar-refractivity contribution is 0.0999. The molecule has 2 heteroatoms. The van der Waals surface area contributed by atoms with Crippen LogP contribution in [0, 0.1) is 6.92 Å². The van der Waals surface area contributed by atoms with Crippen LogP contribution >= 0.6 is 0 Å². The number of carbonyl (C=O) groups is 1. The molecule has 16 heavy (non-hydrogen) atoms. The first-order valence-corrected chi connectivity index (χ1v) is 6.00. The predicted octanol–water partition coefficient (Wildman–Crippen LogP) is 2.78. The van der Waals surface area contributed by atoms with Crippen molar-refractivity contribution >= 4 is 5.91 Å². The van der Waals surface area contributed by atoms with Gasteiger partial charge in [0.1, 0.15) is 0 Å². The van der Waals surface area contributed by atoms with Crippen LogP contribution in [-0.4, -0.2) is 5.91 Å². The van der Waals surface area contributed by atoms with Gasteiger partial charge in [-0.3, -0.25) is 4.79 Å². The van der Waals surface area contributed by atoms with Gasteiger partial charge in [-0.05, 0) is 54.5 Å². The van der Waals surface area contributed by atoms with E-state index in [-0.39, 0.29) is 5.91 Å². The summed E-state index contributed by atoms with van der Waals surface area (Å²) in [4.78, 5) is 11.4. The van der Waals surface area contributed by atoms with Gasteiger partial charge >= 0.3 is 0 Å². The van der Waals surface area contributed by atoms with Crippen LogP contribution in [0.25, 0.3) is 0 Å². The number of benzene rings is 1. The first-order chi connectivity index (χ1) is 7.56. The Balaban J connectivity index is 3.54. The zero-order valence-corrected chi connectivity index (χ0v) is 10.7. The Hall–Kier alpha value is -1.31. The highest BCUT2D eigenvalue weighted by molar-refractivity contribution is 5.95. The third-order valence-electron chi connectivity index (χ3n) is 3.29. The number of rotatable bonds is 4. The number of aryl methyl sites for hydroxylation is 1. The van der Waals surface area contributed by atoms with Crippen molar-refractivity contribution in [3.63, 3.8) is 0 Å². The fourth-order valence-corrected chi connectivity index (χ4v) is 2.46. The van der Waals surface area contributed by atoms with Crippen LogP contribution in [0.4, 0.5) is 0 Å². The maximum atomic E-state index is 11.4. The Morgan fingerprint density at radius 3 is 2.06 bits per heavy atom. The van der Waals surface area contributed by atoms with Crippen LogP contribution in [0.2, 0.25) is 0 Å². The molecule has 2 nitrogen and oxygen atoms in total. The van der Waals surface area contributed by atoms with Crippen molar-refractivity contribution in [2.45, 2.75) is 47.0 Å². The molecule has 0 saturated heterocycles. The standard InChI is InChI=1S/C14H21NO/c1-5-10-8-13(14(15)16)12(7-3)9(4)11(10)6-2/h8H,5-7H2,1-4H3,(H2,15,16).